The monoisotopic (exact) mass is 414 g/mol. The highest BCUT2D eigenvalue weighted by Crippen LogP contribution is 2.58. The van der Waals surface area contributed by atoms with Crippen molar-refractivity contribution in [3.8, 4) is 0 Å². The van der Waals surface area contributed by atoms with E-state index < -0.39 is 16.1 Å². The lowest BCUT2D eigenvalue weighted by molar-refractivity contribution is 0.000939. The van der Waals surface area contributed by atoms with Gasteiger partial charge in [-0.25, -0.2) is 17.9 Å². The number of hydrogen-bond acceptors (Lipinski definition) is 3. The Bertz CT molecular complexity index is 761. The molecule has 3 rings (SSSR count). The molecule has 1 aromatic rings. The van der Waals surface area contributed by atoms with Gasteiger partial charge in [0.15, 0.2) is 0 Å². The summed E-state index contributed by atoms with van der Waals surface area (Å²) in [5.74, 6) is 0.414. The van der Waals surface area contributed by atoms with Crippen LogP contribution in [0.3, 0.4) is 0 Å². The van der Waals surface area contributed by atoms with Gasteiger partial charge in [-0.2, -0.15) is 0 Å². The molecule has 0 aromatic heterocycles. The maximum Gasteiger partial charge on any atom is 0.331 e. The molecule has 1 aliphatic heterocycles. The van der Waals surface area contributed by atoms with Crippen LogP contribution >= 0.6 is 15.9 Å². The maximum atomic E-state index is 12.6. The van der Waals surface area contributed by atoms with Gasteiger partial charge in [-0.05, 0) is 53.9 Å². The van der Waals surface area contributed by atoms with Crippen molar-refractivity contribution in [2.24, 2.45) is 16.7 Å². The summed E-state index contributed by atoms with van der Waals surface area (Å²) in [4.78, 5) is 14.3. The van der Waals surface area contributed by atoms with E-state index in [2.05, 4.69) is 41.4 Å². The minimum absolute atomic E-state index is 0.0363. The van der Waals surface area contributed by atoms with Crippen molar-refractivity contribution in [3.63, 3.8) is 0 Å². The number of fused-ring (bicyclic) bond motifs is 2. The average Bonchev–Trinajstić information content (AvgIpc) is 2.64. The number of benzene rings is 1. The third-order valence-electron chi connectivity index (χ3n) is 6.23. The summed E-state index contributed by atoms with van der Waals surface area (Å²) in [6.07, 6.45) is 2.17. The van der Waals surface area contributed by atoms with Crippen molar-refractivity contribution in [2.75, 3.05) is 13.1 Å². The zero-order chi connectivity index (χ0) is 17.8. The van der Waals surface area contributed by atoms with Crippen molar-refractivity contribution in [1.29, 1.82) is 0 Å². The predicted octanol–water partition coefficient (Wildman–Crippen LogP) is 3.61. The highest BCUT2D eigenvalue weighted by atomic mass is 79.9. The van der Waals surface area contributed by atoms with Crippen LogP contribution in [0.2, 0.25) is 0 Å². The number of hydrogen-bond donors (Lipinski definition) is 1. The second-order valence-corrected chi connectivity index (χ2v) is 10.4. The van der Waals surface area contributed by atoms with E-state index in [1.807, 2.05) is 0 Å². The van der Waals surface area contributed by atoms with Gasteiger partial charge in [0.25, 0.3) is 10.0 Å². The van der Waals surface area contributed by atoms with Crippen molar-refractivity contribution >= 4 is 32.0 Å². The van der Waals surface area contributed by atoms with Crippen LogP contribution in [0.15, 0.2) is 33.6 Å². The molecule has 1 saturated carbocycles. The van der Waals surface area contributed by atoms with Crippen LogP contribution in [0.5, 0.6) is 0 Å². The molecule has 0 spiro atoms. The quantitative estimate of drug-likeness (QED) is 0.803. The average molecular weight is 415 g/mol. The molecule has 2 amide bonds. The van der Waals surface area contributed by atoms with E-state index >= 15 is 0 Å². The minimum Gasteiger partial charge on any atom is -0.323 e. The van der Waals surface area contributed by atoms with E-state index in [1.165, 1.54) is 12.1 Å². The van der Waals surface area contributed by atoms with Gasteiger partial charge in [0.2, 0.25) is 0 Å². The Labute approximate surface area is 152 Å². The molecule has 1 heterocycles. The minimum atomic E-state index is -3.85. The topological polar surface area (TPSA) is 66.5 Å². The summed E-state index contributed by atoms with van der Waals surface area (Å²) in [6, 6.07) is 5.72. The molecular weight excluding hydrogens is 392 g/mol. The molecule has 132 valence electrons. The van der Waals surface area contributed by atoms with Crippen molar-refractivity contribution in [3.05, 3.63) is 28.7 Å². The zero-order valence-electron chi connectivity index (χ0n) is 14.2. The van der Waals surface area contributed by atoms with Gasteiger partial charge < -0.3 is 4.90 Å². The summed E-state index contributed by atoms with van der Waals surface area (Å²) in [6.45, 7) is 7.94. The van der Waals surface area contributed by atoms with E-state index in [-0.39, 0.29) is 15.7 Å². The Morgan fingerprint density at radius 3 is 2.46 bits per heavy atom. The molecule has 2 aliphatic rings. The lowest BCUT2D eigenvalue weighted by atomic mass is 9.63. The largest absolute Gasteiger partial charge is 0.331 e. The molecule has 2 unspecified atom stereocenters. The first-order valence-corrected chi connectivity index (χ1v) is 10.4. The van der Waals surface area contributed by atoms with Crippen LogP contribution in [0.1, 0.15) is 33.6 Å². The van der Waals surface area contributed by atoms with E-state index in [0.29, 0.717) is 19.0 Å². The summed E-state index contributed by atoms with van der Waals surface area (Å²) in [5.41, 5.74) is 0.211. The number of likely N-dealkylation sites (tertiary alicyclic amines) is 1. The number of nitrogens with zero attached hydrogens (tertiary/aromatic N) is 1. The van der Waals surface area contributed by atoms with Crippen molar-refractivity contribution in [2.45, 2.75) is 38.5 Å². The Morgan fingerprint density at radius 1 is 1.25 bits per heavy atom. The first-order valence-electron chi connectivity index (χ1n) is 8.12. The van der Waals surface area contributed by atoms with Gasteiger partial charge in [0, 0.05) is 17.6 Å². The molecule has 0 radical (unpaired) electrons. The Morgan fingerprint density at radius 2 is 1.88 bits per heavy atom. The van der Waals surface area contributed by atoms with Crippen LogP contribution in [0.4, 0.5) is 4.79 Å². The SMILES string of the molecule is CC12CCC(CN(C(=O)NS(=O)(=O)c3ccc(Br)cc3)C1)C2(C)C. The van der Waals surface area contributed by atoms with Crippen LogP contribution in [-0.4, -0.2) is 32.4 Å². The molecule has 5 nitrogen and oxygen atoms in total. The van der Waals surface area contributed by atoms with E-state index in [1.54, 1.807) is 17.0 Å². The molecule has 1 N–H and O–H groups in total. The van der Waals surface area contributed by atoms with Gasteiger partial charge in [-0.1, -0.05) is 36.7 Å². The fraction of sp³-hybridized carbons (Fsp3) is 0.588. The van der Waals surface area contributed by atoms with Crippen molar-refractivity contribution < 1.29 is 13.2 Å². The Balaban J connectivity index is 1.75. The number of urea groups is 1. The highest BCUT2D eigenvalue weighted by Gasteiger charge is 2.56. The van der Waals surface area contributed by atoms with E-state index in [0.717, 1.165) is 17.3 Å². The molecule has 2 atom stereocenters. The number of nitrogens with one attached hydrogen (secondary N) is 1. The number of halogens is 1. The molecular formula is C17H23BrN2O3S. The van der Waals surface area contributed by atoms with Crippen LogP contribution in [-0.2, 0) is 10.0 Å². The van der Waals surface area contributed by atoms with Crippen molar-refractivity contribution in [1.82, 2.24) is 9.62 Å². The molecule has 1 aliphatic carbocycles. The summed E-state index contributed by atoms with van der Waals surface area (Å²) < 4.78 is 27.8. The van der Waals surface area contributed by atoms with Crippen LogP contribution in [0, 0.1) is 16.7 Å². The third kappa shape index (κ3) is 2.86. The van der Waals surface area contributed by atoms with E-state index in [4.69, 9.17) is 0 Å². The summed E-state index contributed by atoms with van der Waals surface area (Å²) in [5, 5.41) is 0. The first kappa shape index (κ1) is 17.7. The van der Waals surface area contributed by atoms with Crippen LogP contribution < -0.4 is 4.72 Å². The Kier molecular flexibility index (Phi) is 4.23. The smallest absolute Gasteiger partial charge is 0.323 e. The van der Waals surface area contributed by atoms with Gasteiger partial charge >= 0.3 is 6.03 Å². The predicted molar refractivity (Wildman–Crippen MR) is 96.0 cm³/mol. The first-order chi connectivity index (χ1) is 11.1. The highest BCUT2D eigenvalue weighted by molar-refractivity contribution is 9.10. The summed E-state index contributed by atoms with van der Waals surface area (Å²) >= 11 is 3.27. The number of rotatable bonds is 2. The fourth-order valence-electron chi connectivity index (χ4n) is 4.03. The zero-order valence-corrected chi connectivity index (χ0v) is 16.6. The fourth-order valence-corrected chi connectivity index (χ4v) is 5.27. The molecule has 1 aromatic carbocycles. The normalized spacial score (nSPS) is 28.7. The van der Waals surface area contributed by atoms with Crippen LogP contribution in [0.25, 0.3) is 0 Å². The van der Waals surface area contributed by atoms with Gasteiger partial charge in [0.1, 0.15) is 0 Å². The second-order valence-electron chi connectivity index (χ2n) is 7.76. The number of amides is 2. The molecule has 2 bridgehead atoms. The number of piperidine rings is 1. The van der Waals surface area contributed by atoms with Gasteiger partial charge in [0.05, 0.1) is 4.90 Å². The second kappa shape index (κ2) is 5.73. The standard InChI is InChI=1S/C17H23BrN2O3S/c1-16(2)12-8-9-17(16,3)11-20(10-12)15(21)19-24(22,23)14-6-4-13(18)5-7-14/h4-7,12H,8-11H2,1-3H3,(H,19,21). The lowest BCUT2D eigenvalue weighted by Crippen LogP contribution is -2.56. The molecule has 2 fully saturated rings. The van der Waals surface area contributed by atoms with Gasteiger partial charge in [-0.15, -0.1) is 0 Å². The number of carbonyl (C=O) groups is 1. The lowest BCUT2D eigenvalue weighted by Gasteiger charge is -2.50. The third-order valence-corrected chi connectivity index (χ3v) is 8.10. The number of sulfonamides is 1. The molecule has 7 heteroatoms. The van der Waals surface area contributed by atoms with Gasteiger partial charge in [-0.3, -0.25) is 0 Å². The Hall–Kier alpha value is -1.08. The number of carbonyl (C=O) groups excluding carboxylic acids is 1. The van der Waals surface area contributed by atoms with E-state index in [9.17, 15) is 13.2 Å². The molecule has 1 saturated heterocycles. The molecule has 24 heavy (non-hydrogen) atoms. The summed E-state index contributed by atoms with van der Waals surface area (Å²) in [7, 11) is -3.85. The maximum absolute atomic E-state index is 12.6.